The molecule has 1 aromatic rings. The van der Waals surface area contributed by atoms with E-state index in [1.165, 1.54) is 6.92 Å². The molecule has 1 fully saturated rings. The first kappa shape index (κ1) is 23.4. The van der Waals surface area contributed by atoms with Crippen LogP contribution in [0.2, 0.25) is 0 Å². The summed E-state index contributed by atoms with van der Waals surface area (Å²) in [4.78, 5) is 50.5. The van der Waals surface area contributed by atoms with E-state index in [2.05, 4.69) is 10.6 Å². The van der Waals surface area contributed by atoms with E-state index in [0.29, 0.717) is 25.9 Å². The molecule has 1 aromatic carbocycles. The largest absolute Gasteiger partial charge is 0.452 e. The summed E-state index contributed by atoms with van der Waals surface area (Å²) in [5.74, 6) is -1.47. The lowest BCUT2D eigenvalue weighted by Gasteiger charge is -2.35. The fraction of sp³-hybridized carbons (Fsp3) is 0.545. The average Bonchev–Trinajstić information content (AvgIpc) is 2.71. The Morgan fingerprint density at radius 1 is 1.10 bits per heavy atom. The fourth-order valence-electron chi connectivity index (χ4n) is 3.15. The van der Waals surface area contributed by atoms with Crippen LogP contribution in [0.25, 0.3) is 0 Å². The van der Waals surface area contributed by atoms with Gasteiger partial charge in [-0.15, -0.1) is 0 Å². The number of hydrogen-bond acceptors (Lipinski definition) is 5. The van der Waals surface area contributed by atoms with Crippen molar-refractivity contribution in [2.75, 3.05) is 13.1 Å². The minimum absolute atomic E-state index is 0.0589. The molecular weight excluding hydrogens is 386 g/mol. The number of urea groups is 1. The molecule has 30 heavy (non-hydrogen) atoms. The van der Waals surface area contributed by atoms with Crippen LogP contribution in [0.1, 0.15) is 46.1 Å². The van der Waals surface area contributed by atoms with E-state index < -0.39 is 29.4 Å². The zero-order valence-corrected chi connectivity index (χ0v) is 18.1. The maximum atomic E-state index is 12.4. The van der Waals surface area contributed by atoms with Gasteiger partial charge in [0.05, 0.1) is 5.92 Å². The van der Waals surface area contributed by atoms with Crippen molar-refractivity contribution in [3.05, 3.63) is 35.9 Å². The van der Waals surface area contributed by atoms with Gasteiger partial charge < -0.3 is 15.0 Å². The highest BCUT2D eigenvalue weighted by Crippen LogP contribution is 2.24. The molecule has 2 N–H and O–H groups in total. The van der Waals surface area contributed by atoms with E-state index in [9.17, 15) is 19.2 Å². The summed E-state index contributed by atoms with van der Waals surface area (Å²) >= 11 is 0. The van der Waals surface area contributed by atoms with Crippen LogP contribution in [0.4, 0.5) is 4.79 Å². The Morgan fingerprint density at radius 2 is 1.70 bits per heavy atom. The third-order valence-corrected chi connectivity index (χ3v) is 4.95. The van der Waals surface area contributed by atoms with Crippen LogP contribution in [0.5, 0.6) is 0 Å². The monoisotopic (exact) mass is 417 g/mol. The molecule has 2 rings (SSSR count). The van der Waals surface area contributed by atoms with Gasteiger partial charge in [-0.2, -0.15) is 0 Å². The van der Waals surface area contributed by atoms with Crippen molar-refractivity contribution >= 4 is 23.8 Å². The number of imide groups is 1. The van der Waals surface area contributed by atoms with Crippen LogP contribution < -0.4 is 10.6 Å². The van der Waals surface area contributed by atoms with Gasteiger partial charge in [0, 0.05) is 25.0 Å². The molecule has 0 saturated carbocycles. The topological polar surface area (TPSA) is 105 Å². The van der Waals surface area contributed by atoms with Crippen LogP contribution in [0.15, 0.2) is 30.3 Å². The SMILES string of the molecule is CC(OC(=O)C1CCN(C(=O)C(C)(C)C)CC1)C(=O)NC(=O)NCc1ccccc1. The summed E-state index contributed by atoms with van der Waals surface area (Å²) in [6, 6.07) is 8.63. The molecule has 1 aliphatic rings. The molecule has 164 valence electrons. The number of nitrogens with one attached hydrogen (secondary N) is 2. The minimum atomic E-state index is -1.09. The van der Waals surface area contributed by atoms with Gasteiger partial charge in [-0.05, 0) is 25.3 Å². The Labute approximate surface area is 177 Å². The number of carbonyl (C=O) groups excluding carboxylic acids is 4. The summed E-state index contributed by atoms with van der Waals surface area (Å²) < 4.78 is 5.24. The second-order valence-corrected chi connectivity index (χ2v) is 8.55. The Kier molecular flexibility index (Phi) is 7.97. The maximum Gasteiger partial charge on any atom is 0.321 e. The number of amides is 4. The van der Waals surface area contributed by atoms with Gasteiger partial charge in [0.1, 0.15) is 0 Å². The van der Waals surface area contributed by atoms with E-state index in [1.807, 2.05) is 51.1 Å². The minimum Gasteiger partial charge on any atom is -0.452 e. The normalized spacial score (nSPS) is 15.8. The summed E-state index contributed by atoms with van der Waals surface area (Å²) in [7, 11) is 0. The molecule has 0 spiro atoms. The first-order chi connectivity index (χ1) is 14.1. The van der Waals surface area contributed by atoms with Gasteiger partial charge in [-0.1, -0.05) is 51.1 Å². The molecule has 8 heteroatoms. The van der Waals surface area contributed by atoms with Crippen LogP contribution >= 0.6 is 0 Å². The molecule has 1 atom stereocenters. The lowest BCUT2D eigenvalue weighted by molar-refractivity contribution is -0.161. The second kappa shape index (κ2) is 10.2. The molecule has 1 heterocycles. The van der Waals surface area contributed by atoms with Gasteiger partial charge in [-0.25, -0.2) is 4.79 Å². The number of rotatable bonds is 5. The van der Waals surface area contributed by atoms with Gasteiger partial charge in [0.25, 0.3) is 5.91 Å². The Bertz CT molecular complexity index is 765. The molecule has 4 amide bonds. The Balaban J connectivity index is 1.74. The van der Waals surface area contributed by atoms with E-state index in [0.717, 1.165) is 5.56 Å². The quantitative estimate of drug-likeness (QED) is 0.715. The van der Waals surface area contributed by atoms with Gasteiger partial charge >= 0.3 is 12.0 Å². The molecule has 1 saturated heterocycles. The maximum absolute atomic E-state index is 12.4. The second-order valence-electron chi connectivity index (χ2n) is 8.55. The molecule has 0 radical (unpaired) electrons. The molecule has 0 bridgehead atoms. The Morgan fingerprint density at radius 3 is 2.27 bits per heavy atom. The standard InChI is InChI=1S/C22H31N3O5/c1-15(18(26)24-21(29)23-14-16-8-6-5-7-9-16)30-19(27)17-10-12-25(13-11-17)20(28)22(2,3)4/h5-9,15,17H,10-14H2,1-4H3,(H2,23,24,26,29). The molecular formula is C22H31N3O5. The number of nitrogens with zero attached hydrogens (tertiary/aromatic N) is 1. The summed E-state index contributed by atoms with van der Waals surface area (Å²) in [5.41, 5.74) is 0.442. The molecule has 1 unspecified atom stereocenters. The van der Waals surface area contributed by atoms with Gasteiger partial charge in [0.15, 0.2) is 6.10 Å². The molecule has 8 nitrogen and oxygen atoms in total. The molecule has 1 aliphatic heterocycles. The lowest BCUT2D eigenvalue weighted by atomic mass is 9.91. The smallest absolute Gasteiger partial charge is 0.321 e. The third kappa shape index (κ3) is 6.86. The van der Waals surface area contributed by atoms with Crippen LogP contribution in [0.3, 0.4) is 0 Å². The van der Waals surface area contributed by atoms with Crippen molar-refractivity contribution in [2.24, 2.45) is 11.3 Å². The number of esters is 1. The van der Waals surface area contributed by atoms with E-state index in [4.69, 9.17) is 4.74 Å². The van der Waals surface area contributed by atoms with E-state index in [-0.39, 0.29) is 18.4 Å². The van der Waals surface area contributed by atoms with Crippen molar-refractivity contribution in [1.82, 2.24) is 15.5 Å². The van der Waals surface area contributed by atoms with Gasteiger partial charge in [0.2, 0.25) is 5.91 Å². The highest BCUT2D eigenvalue weighted by Gasteiger charge is 2.34. The zero-order valence-electron chi connectivity index (χ0n) is 18.1. The van der Waals surface area contributed by atoms with Crippen LogP contribution in [-0.4, -0.2) is 47.9 Å². The van der Waals surface area contributed by atoms with Crippen LogP contribution in [-0.2, 0) is 25.7 Å². The van der Waals surface area contributed by atoms with Gasteiger partial charge in [-0.3, -0.25) is 19.7 Å². The lowest BCUT2D eigenvalue weighted by Crippen LogP contribution is -2.47. The zero-order chi connectivity index (χ0) is 22.3. The molecule has 0 aliphatic carbocycles. The first-order valence-corrected chi connectivity index (χ1v) is 10.2. The number of ether oxygens (including phenoxy) is 1. The fourth-order valence-corrected chi connectivity index (χ4v) is 3.15. The Hall–Kier alpha value is -2.90. The summed E-state index contributed by atoms with van der Waals surface area (Å²) in [5, 5.41) is 4.76. The first-order valence-electron chi connectivity index (χ1n) is 10.2. The average molecular weight is 418 g/mol. The van der Waals surface area contributed by atoms with Crippen molar-refractivity contribution in [3.63, 3.8) is 0 Å². The number of hydrogen-bond donors (Lipinski definition) is 2. The number of piperidine rings is 1. The van der Waals surface area contributed by atoms with Crippen molar-refractivity contribution in [3.8, 4) is 0 Å². The van der Waals surface area contributed by atoms with Crippen molar-refractivity contribution < 1.29 is 23.9 Å². The number of benzene rings is 1. The third-order valence-electron chi connectivity index (χ3n) is 4.95. The van der Waals surface area contributed by atoms with E-state index in [1.54, 1.807) is 4.90 Å². The van der Waals surface area contributed by atoms with Crippen LogP contribution in [0, 0.1) is 11.3 Å². The highest BCUT2D eigenvalue weighted by molar-refractivity contribution is 5.97. The predicted molar refractivity (Wildman–Crippen MR) is 111 cm³/mol. The van der Waals surface area contributed by atoms with E-state index >= 15 is 0 Å². The predicted octanol–water partition coefficient (Wildman–Crippen LogP) is 2.23. The van der Waals surface area contributed by atoms with Crippen molar-refractivity contribution in [1.29, 1.82) is 0 Å². The highest BCUT2D eigenvalue weighted by atomic mass is 16.5. The summed E-state index contributed by atoms with van der Waals surface area (Å²) in [6.45, 7) is 8.27. The number of carbonyl (C=O) groups is 4. The van der Waals surface area contributed by atoms with Crippen molar-refractivity contribution in [2.45, 2.75) is 53.2 Å². The molecule has 0 aromatic heterocycles. The number of likely N-dealkylation sites (tertiary alicyclic amines) is 1. The summed E-state index contributed by atoms with van der Waals surface area (Å²) in [6.07, 6.45) is -0.103.